The van der Waals surface area contributed by atoms with Crippen LogP contribution in [0.4, 0.5) is 0 Å². The number of methoxy groups -OCH3 is 1. The average molecular weight is 405 g/mol. The van der Waals surface area contributed by atoms with Gasteiger partial charge in [-0.1, -0.05) is 38.8 Å². The Hall–Kier alpha value is -2.12. The van der Waals surface area contributed by atoms with E-state index < -0.39 is 0 Å². The molecule has 1 aromatic carbocycles. The number of hydrogen-bond acceptors (Lipinski definition) is 5. The molecule has 0 bridgehead atoms. The van der Waals surface area contributed by atoms with Crippen molar-refractivity contribution in [2.75, 3.05) is 47.0 Å². The Morgan fingerprint density at radius 1 is 1.17 bits per heavy atom. The van der Waals surface area contributed by atoms with Gasteiger partial charge in [0.25, 0.3) is 0 Å². The first-order valence-electron chi connectivity index (χ1n) is 10.6. The summed E-state index contributed by atoms with van der Waals surface area (Å²) in [6.45, 7) is 9.63. The number of carbonyl (C=O) groups excluding carboxylic acids is 1. The van der Waals surface area contributed by atoms with Crippen LogP contribution in [-0.4, -0.2) is 69.9 Å². The van der Waals surface area contributed by atoms with Gasteiger partial charge in [-0.25, -0.2) is 4.79 Å². The molecule has 1 aliphatic rings. The van der Waals surface area contributed by atoms with Gasteiger partial charge in [-0.05, 0) is 23.6 Å². The van der Waals surface area contributed by atoms with E-state index in [1.807, 2.05) is 12.1 Å². The van der Waals surface area contributed by atoms with Crippen molar-refractivity contribution in [2.24, 2.45) is 10.9 Å². The number of nitrogens with zero attached hydrogens (tertiary/aromatic N) is 2. The van der Waals surface area contributed by atoms with Crippen LogP contribution in [-0.2, 0) is 16.0 Å². The lowest BCUT2D eigenvalue weighted by molar-refractivity contribution is 0.00272. The molecular weight excluding hydrogens is 368 g/mol. The molecule has 1 fully saturated rings. The predicted octanol–water partition coefficient (Wildman–Crippen LogP) is 2.28. The minimum atomic E-state index is -0.322. The first-order valence-corrected chi connectivity index (χ1v) is 10.6. The number of rotatable bonds is 9. The summed E-state index contributed by atoms with van der Waals surface area (Å²) < 4.78 is 10.3. The Morgan fingerprint density at radius 3 is 2.38 bits per heavy atom. The molecule has 2 N–H and O–H groups in total. The van der Waals surface area contributed by atoms with Crippen LogP contribution in [0.2, 0.25) is 0 Å². The van der Waals surface area contributed by atoms with Gasteiger partial charge >= 0.3 is 5.97 Å². The Bertz CT molecular complexity index is 638. The quantitative estimate of drug-likeness (QED) is 0.374. The van der Waals surface area contributed by atoms with Crippen LogP contribution in [0.25, 0.3) is 0 Å². The second kappa shape index (κ2) is 12.4. The number of benzene rings is 1. The average Bonchev–Trinajstić information content (AvgIpc) is 2.78. The number of nitrogens with one attached hydrogen (secondary N) is 2. The Morgan fingerprint density at radius 2 is 1.83 bits per heavy atom. The zero-order chi connectivity index (χ0) is 21.1. The van der Waals surface area contributed by atoms with Gasteiger partial charge in [-0.15, -0.1) is 0 Å². The second-order valence-corrected chi connectivity index (χ2v) is 7.29. The highest BCUT2D eigenvalue weighted by molar-refractivity contribution is 5.89. The zero-order valence-electron chi connectivity index (χ0n) is 18.2. The predicted molar refractivity (Wildman–Crippen MR) is 116 cm³/mol. The van der Waals surface area contributed by atoms with Gasteiger partial charge in [0.1, 0.15) is 0 Å². The van der Waals surface area contributed by atoms with Gasteiger partial charge < -0.3 is 20.1 Å². The summed E-state index contributed by atoms with van der Waals surface area (Å²) >= 11 is 0. The molecule has 7 heteroatoms. The first-order chi connectivity index (χ1) is 14.1. The lowest BCUT2D eigenvalue weighted by atomic mass is 9.92. The van der Waals surface area contributed by atoms with Crippen molar-refractivity contribution < 1.29 is 14.3 Å². The minimum Gasteiger partial charge on any atom is -0.465 e. The molecule has 0 aromatic heterocycles. The molecule has 29 heavy (non-hydrogen) atoms. The van der Waals surface area contributed by atoms with Crippen LogP contribution in [0.5, 0.6) is 0 Å². The Kier molecular flexibility index (Phi) is 9.94. The van der Waals surface area contributed by atoms with Gasteiger partial charge in [0.2, 0.25) is 0 Å². The first kappa shape index (κ1) is 23.2. The number of esters is 1. The maximum absolute atomic E-state index is 11.5. The minimum absolute atomic E-state index is 0.322. The van der Waals surface area contributed by atoms with E-state index in [-0.39, 0.29) is 5.97 Å². The number of hydrogen-bond donors (Lipinski definition) is 2. The normalized spacial score (nSPS) is 16.5. The van der Waals surface area contributed by atoms with E-state index in [1.165, 1.54) is 20.0 Å². The van der Waals surface area contributed by atoms with Crippen LogP contribution in [0.15, 0.2) is 29.3 Å². The Labute approximate surface area is 174 Å². The third-order valence-corrected chi connectivity index (χ3v) is 5.64. The molecule has 0 aliphatic carbocycles. The van der Waals surface area contributed by atoms with Crippen molar-refractivity contribution in [1.29, 1.82) is 0 Å². The molecular formula is C22H36N4O3. The number of carbonyl (C=O) groups is 1. The van der Waals surface area contributed by atoms with Crippen LogP contribution in [0.3, 0.4) is 0 Å². The van der Waals surface area contributed by atoms with Crippen molar-refractivity contribution >= 4 is 11.9 Å². The van der Waals surface area contributed by atoms with Crippen molar-refractivity contribution in [1.82, 2.24) is 15.5 Å². The summed E-state index contributed by atoms with van der Waals surface area (Å²) in [5, 5.41) is 6.87. The fourth-order valence-corrected chi connectivity index (χ4v) is 3.82. The Balaban J connectivity index is 1.90. The molecule has 1 heterocycles. The van der Waals surface area contributed by atoms with E-state index in [0.717, 1.165) is 44.4 Å². The molecule has 0 amide bonds. The van der Waals surface area contributed by atoms with Crippen molar-refractivity contribution in [3.05, 3.63) is 35.4 Å². The van der Waals surface area contributed by atoms with Gasteiger partial charge in [0, 0.05) is 39.3 Å². The molecule has 1 atom stereocenters. The monoisotopic (exact) mass is 404 g/mol. The third kappa shape index (κ3) is 7.01. The largest absolute Gasteiger partial charge is 0.465 e. The van der Waals surface area contributed by atoms with Crippen molar-refractivity contribution in [3.8, 4) is 0 Å². The summed E-state index contributed by atoms with van der Waals surface area (Å²) in [7, 11) is 3.18. The van der Waals surface area contributed by atoms with Crippen LogP contribution in [0.1, 0.15) is 42.6 Å². The molecule has 1 aromatic rings. The lowest BCUT2D eigenvalue weighted by Crippen LogP contribution is -2.53. The molecule has 0 spiro atoms. The summed E-state index contributed by atoms with van der Waals surface area (Å²) in [6.07, 6.45) is 2.33. The second-order valence-electron chi connectivity index (χ2n) is 7.29. The van der Waals surface area contributed by atoms with Crippen LogP contribution >= 0.6 is 0 Å². The van der Waals surface area contributed by atoms with E-state index in [9.17, 15) is 4.79 Å². The summed E-state index contributed by atoms with van der Waals surface area (Å²) in [5.74, 6) is 1.10. The van der Waals surface area contributed by atoms with E-state index >= 15 is 0 Å². The molecule has 7 nitrogen and oxygen atoms in total. The fourth-order valence-electron chi connectivity index (χ4n) is 3.82. The van der Waals surface area contributed by atoms with Crippen LogP contribution < -0.4 is 10.6 Å². The van der Waals surface area contributed by atoms with Gasteiger partial charge in [-0.3, -0.25) is 9.89 Å². The number of aliphatic imine (C=N–C) groups is 1. The standard InChI is InChI=1S/C22H36N4O3/c1-5-18(6-2)20(26-11-13-29-14-12-26)16-25-22(23-3)24-15-17-7-9-19(10-8-17)21(27)28-4/h7-10,18,20H,5-6,11-16H2,1-4H3,(H2,23,24,25). The zero-order valence-corrected chi connectivity index (χ0v) is 18.2. The van der Waals surface area contributed by atoms with Gasteiger partial charge in [-0.2, -0.15) is 0 Å². The number of ether oxygens (including phenoxy) is 2. The smallest absolute Gasteiger partial charge is 0.337 e. The summed E-state index contributed by atoms with van der Waals surface area (Å²) in [4.78, 5) is 18.5. The van der Waals surface area contributed by atoms with Crippen molar-refractivity contribution in [2.45, 2.75) is 39.3 Å². The maximum atomic E-state index is 11.5. The highest BCUT2D eigenvalue weighted by Gasteiger charge is 2.27. The fraction of sp³-hybridized carbons (Fsp3) is 0.636. The molecule has 2 rings (SSSR count). The highest BCUT2D eigenvalue weighted by atomic mass is 16.5. The number of morpholine rings is 1. The summed E-state index contributed by atoms with van der Waals surface area (Å²) in [5.41, 5.74) is 1.63. The topological polar surface area (TPSA) is 75.2 Å². The van der Waals surface area contributed by atoms with Crippen molar-refractivity contribution in [3.63, 3.8) is 0 Å². The van der Waals surface area contributed by atoms with E-state index in [2.05, 4.69) is 34.4 Å². The third-order valence-electron chi connectivity index (χ3n) is 5.64. The highest BCUT2D eigenvalue weighted by Crippen LogP contribution is 2.19. The van der Waals surface area contributed by atoms with Crippen LogP contribution in [0, 0.1) is 5.92 Å². The molecule has 1 unspecified atom stereocenters. The number of guanidine groups is 1. The maximum Gasteiger partial charge on any atom is 0.337 e. The van der Waals surface area contributed by atoms with Gasteiger partial charge in [0.05, 0.1) is 25.9 Å². The molecule has 1 saturated heterocycles. The van der Waals surface area contributed by atoms with Gasteiger partial charge in [0.15, 0.2) is 5.96 Å². The lowest BCUT2D eigenvalue weighted by Gasteiger charge is -2.39. The molecule has 0 radical (unpaired) electrons. The SMILES string of the molecule is CCC(CC)C(CNC(=NC)NCc1ccc(C(=O)OC)cc1)N1CCOCC1. The molecule has 1 aliphatic heterocycles. The van der Waals surface area contributed by atoms with E-state index in [1.54, 1.807) is 19.2 Å². The van der Waals surface area contributed by atoms with E-state index in [4.69, 9.17) is 9.47 Å². The molecule has 162 valence electrons. The molecule has 0 saturated carbocycles. The van der Waals surface area contributed by atoms with E-state index in [0.29, 0.717) is 24.1 Å². The summed E-state index contributed by atoms with van der Waals surface area (Å²) in [6, 6.07) is 7.87.